The molecule has 0 aliphatic heterocycles. The van der Waals surface area contributed by atoms with E-state index in [-0.39, 0.29) is 11.5 Å². The topological polar surface area (TPSA) is 72.7 Å². The maximum atomic E-state index is 13.6. The molecular weight excluding hydrogens is 431 g/mol. The summed E-state index contributed by atoms with van der Waals surface area (Å²) >= 11 is 5.88. The first-order chi connectivity index (χ1) is 14.8. The molecule has 156 valence electrons. The minimum atomic E-state index is -4.64. The number of hydrogen-bond acceptors (Lipinski definition) is 4. The third-order valence-electron chi connectivity index (χ3n) is 4.27. The standard InChI is InChI=1S/C21H13ClF3N5O/c22-15-5-1-3-13(9-15)20(31)28-16-6-7-19(27-12-16)30-18(21(23,24)25)10-17(29-30)14-4-2-8-26-11-14/h1-12H,(H,28,31). The third kappa shape index (κ3) is 4.56. The van der Waals surface area contributed by atoms with Crippen LogP contribution in [0, 0.1) is 0 Å². The molecule has 0 atom stereocenters. The van der Waals surface area contributed by atoms with E-state index in [1.807, 2.05) is 0 Å². The average Bonchev–Trinajstić information content (AvgIpc) is 3.21. The van der Waals surface area contributed by atoms with E-state index in [0.29, 0.717) is 26.5 Å². The van der Waals surface area contributed by atoms with E-state index >= 15 is 0 Å². The summed E-state index contributed by atoms with van der Waals surface area (Å²) in [5.74, 6) is -0.478. The van der Waals surface area contributed by atoms with Crippen LogP contribution in [0.25, 0.3) is 17.1 Å². The van der Waals surface area contributed by atoms with Gasteiger partial charge in [-0.05, 0) is 48.5 Å². The number of aromatic nitrogens is 4. The van der Waals surface area contributed by atoms with Gasteiger partial charge in [-0.15, -0.1) is 0 Å². The van der Waals surface area contributed by atoms with Gasteiger partial charge >= 0.3 is 6.18 Å². The highest BCUT2D eigenvalue weighted by Crippen LogP contribution is 2.33. The number of carbonyl (C=O) groups is 1. The Hall–Kier alpha value is -3.72. The largest absolute Gasteiger partial charge is 0.433 e. The highest BCUT2D eigenvalue weighted by Gasteiger charge is 2.36. The second-order valence-electron chi connectivity index (χ2n) is 6.44. The number of anilines is 1. The molecule has 0 fully saturated rings. The first kappa shape index (κ1) is 20.5. The van der Waals surface area contributed by atoms with Crippen LogP contribution in [0.4, 0.5) is 18.9 Å². The van der Waals surface area contributed by atoms with Crippen molar-refractivity contribution in [3.63, 3.8) is 0 Å². The molecular formula is C21H13ClF3N5O. The summed E-state index contributed by atoms with van der Waals surface area (Å²) in [6.07, 6.45) is -0.449. The number of rotatable bonds is 4. The van der Waals surface area contributed by atoms with Crippen LogP contribution in [0.1, 0.15) is 16.1 Å². The number of alkyl halides is 3. The molecule has 0 spiro atoms. The predicted molar refractivity (Wildman–Crippen MR) is 109 cm³/mol. The molecule has 0 unspecified atom stereocenters. The highest BCUT2D eigenvalue weighted by molar-refractivity contribution is 6.31. The van der Waals surface area contributed by atoms with Gasteiger partial charge in [-0.3, -0.25) is 9.78 Å². The Labute approximate surface area is 179 Å². The predicted octanol–water partition coefficient (Wildman–Crippen LogP) is 5.25. The molecule has 3 heterocycles. The first-order valence-electron chi connectivity index (χ1n) is 8.92. The molecule has 0 bridgehead atoms. The molecule has 3 aromatic heterocycles. The molecule has 10 heteroatoms. The number of pyridine rings is 2. The summed E-state index contributed by atoms with van der Waals surface area (Å²) in [6, 6.07) is 13.3. The van der Waals surface area contributed by atoms with Crippen molar-refractivity contribution in [2.75, 3.05) is 5.32 Å². The van der Waals surface area contributed by atoms with Gasteiger partial charge in [0.15, 0.2) is 11.5 Å². The minimum Gasteiger partial charge on any atom is -0.321 e. The van der Waals surface area contributed by atoms with Crippen LogP contribution in [0.5, 0.6) is 0 Å². The Kier molecular flexibility index (Phi) is 5.43. The lowest BCUT2D eigenvalue weighted by Crippen LogP contribution is -2.15. The van der Waals surface area contributed by atoms with Crippen molar-refractivity contribution in [2.24, 2.45) is 0 Å². The van der Waals surface area contributed by atoms with Crippen LogP contribution >= 0.6 is 11.6 Å². The van der Waals surface area contributed by atoms with Crippen molar-refractivity contribution < 1.29 is 18.0 Å². The van der Waals surface area contributed by atoms with E-state index in [4.69, 9.17) is 11.6 Å². The summed E-state index contributed by atoms with van der Waals surface area (Å²) in [6.45, 7) is 0. The van der Waals surface area contributed by atoms with Gasteiger partial charge in [0.1, 0.15) is 0 Å². The number of carbonyl (C=O) groups excluding carboxylic acids is 1. The van der Waals surface area contributed by atoms with Crippen LogP contribution in [-0.2, 0) is 6.18 Å². The molecule has 0 saturated heterocycles. The zero-order chi connectivity index (χ0) is 22.0. The van der Waals surface area contributed by atoms with E-state index in [9.17, 15) is 18.0 Å². The molecule has 0 saturated carbocycles. The van der Waals surface area contributed by atoms with Crippen LogP contribution in [0.3, 0.4) is 0 Å². The summed E-state index contributed by atoms with van der Waals surface area (Å²) in [5, 5.41) is 7.08. The zero-order valence-corrected chi connectivity index (χ0v) is 16.4. The molecule has 0 aliphatic carbocycles. The molecule has 1 amide bonds. The number of benzene rings is 1. The lowest BCUT2D eigenvalue weighted by molar-refractivity contribution is -0.142. The molecule has 6 nitrogen and oxygen atoms in total. The number of nitrogens with zero attached hydrogens (tertiary/aromatic N) is 4. The monoisotopic (exact) mass is 443 g/mol. The lowest BCUT2D eigenvalue weighted by atomic mass is 10.2. The van der Waals surface area contributed by atoms with E-state index < -0.39 is 17.8 Å². The highest BCUT2D eigenvalue weighted by atomic mass is 35.5. The number of hydrogen-bond donors (Lipinski definition) is 1. The molecule has 1 N–H and O–H groups in total. The first-order valence-corrected chi connectivity index (χ1v) is 9.30. The maximum absolute atomic E-state index is 13.6. The van der Waals surface area contributed by atoms with Gasteiger partial charge in [0.05, 0.1) is 17.6 Å². The molecule has 0 radical (unpaired) electrons. The minimum absolute atomic E-state index is 0.0526. The Morgan fingerprint density at radius 3 is 2.52 bits per heavy atom. The van der Waals surface area contributed by atoms with Gasteiger partial charge in [0.25, 0.3) is 5.91 Å². The molecule has 4 aromatic rings. The van der Waals surface area contributed by atoms with Crippen LogP contribution < -0.4 is 5.32 Å². The van der Waals surface area contributed by atoms with Gasteiger partial charge < -0.3 is 5.32 Å². The lowest BCUT2D eigenvalue weighted by Gasteiger charge is -2.10. The second-order valence-corrected chi connectivity index (χ2v) is 6.87. The van der Waals surface area contributed by atoms with Gasteiger partial charge in [-0.2, -0.15) is 18.3 Å². The fourth-order valence-electron chi connectivity index (χ4n) is 2.83. The second kappa shape index (κ2) is 8.19. The van der Waals surface area contributed by atoms with Crippen molar-refractivity contribution in [3.05, 3.63) is 89.5 Å². The molecule has 1 aromatic carbocycles. The van der Waals surface area contributed by atoms with Gasteiger partial charge in [0.2, 0.25) is 0 Å². The SMILES string of the molecule is O=C(Nc1ccc(-n2nc(-c3cccnc3)cc2C(F)(F)F)nc1)c1cccc(Cl)c1. The van der Waals surface area contributed by atoms with E-state index in [1.165, 1.54) is 36.8 Å². The number of nitrogens with one attached hydrogen (secondary N) is 1. The van der Waals surface area contributed by atoms with Gasteiger partial charge in [-0.25, -0.2) is 9.67 Å². The Balaban J connectivity index is 1.63. The summed E-state index contributed by atoms with van der Waals surface area (Å²) in [7, 11) is 0. The Bertz CT molecular complexity index is 1220. The van der Waals surface area contributed by atoms with Gasteiger partial charge in [0, 0.05) is 28.5 Å². The molecule has 0 aliphatic rings. The zero-order valence-electron chi connectivity index (χ0n) is 15.6. The van der Waals surface area contributed by atoms with E-state index in [1.54, 1.807) is 30.3 Å². The van der Waals surface area contributed by atoms with Crippen molar-refractivity contribution >= 4 is 23.2 Å². The summed E-state index contributed by atoms with van der Waals surface area (Å²) in [5.41, 5.74) is 0.221. The average molecular weight is 444 g/mol. The third-order valence-corrected chi connectivity index (χ3v) is 4.50. The van der Waals surface area contributed by atoms with Crippen molar-refractivity contribution in [1.29, 1.82) is 0 Å². The van der Waals surface area contributed by atoms with Crippen LogP contribution in [-0.4, -0.2) is 25.7 Å². The molecule has 4 rings (SSSR count). The van der Waals surface area contributed by atoms with Crippen LogP contribution in [0.2, 0.25) is 5.02 Å². The molecule has 31 heavy (non-hydrogen) atoms. The summed E-state index contributed by atoms with van der Waals surface area (Å²) in [4.78, 5) is 20.2. The fraction of sp³-hybridized carbons (Fsp3) is 0.0476. The number of amides is 1. The van der Waals surface area contributed by atoms with E-state index in [2.05, 4.69) is 20.4 Å². The quantitative estimate of drug-likeness (QED) is 0.467. The van der Waals surface area contributed by atoms with Crippen molar-refractivity contribution in [3.8, 4) is 17.1 Å². The fourth-order valence-corrected chi connectivity index (χ4v) is 3.02. The van der Waals surface area contributed by atoms with Crippen LogP contribution in [0.15, 0.2) is 73.2 Å². The van der Waals surface area contributed by atoms with Crippen molar-refractivity contribution in [1.82, 2.24) is 19.7 Å². The normalized spacial score (nSPS) is 11.4. The smallest absolute Gasteiger partial charge is 0.321 e. The number of halogens is 4. The van der Waals surface area contributed by atoms with E-state index in [0.717, 1.165) is 6.07 Å². The maximum Gasteiger partial charge on any atom is 0.433 e. The Morgan fingerprint density at radius 1 is 1.03 bits per heavy atom. The Morgan fingerprint density at radius 2 is 1.87 bits per heavy atom. The summed E-state index contributed by atoms with van der Waals surface area (Å²) < 4.78 is 41.4. The van der Waals surface area contributed by atoms with Gasteiger partial charge in [-0.1, -0.05) is 17.7 Å². The van der Waals surface area contributed by atoms with Crippen molar-refractivity contribution in [2.45, 2.75) is 6.18 Å².